The van der Waals surface area contributed by atoms with E-state index in [0.717, 1.165) is 36.2 Å². The number of methoxy groups -OCH3 is 1. The van der Waals surface area contributed by atoms with Gasteiger partial charge in [-0.2, -0.15) is 18.3 Å². The van der Waals surface area contributed by atoms with Crippen LogP contribution in [-0.2, 0) is 28.8 Å². The SMILES string of the molecule is CC=O.CCN(C)Cc1c(-c2ccc(C(F)(F)F)cc2)nn(CC(O)CN2CCN(c3c(C(=O)OC)cccc3[N+](=O)[O-])CC2)c1C. The maximum atomic E-state index is 13.1. The van der Waals surface area contributed by atoms with Crippen molar-refractivity contribution < 1.29 is 37.5 Å². The lowest BCUT2D eigenvalue weighted by Gasteiger charge is -2.37. The summed E-state index contributed by atoms with van der Waals surface area (Å²) in [5, 5.41) is 27.5. The third-order valence-electron chi connectivity index (χ3n) is 7.94. The lowest BCUT2D eigenvalue weighted by atomic mass is 10.0. The number of aromatic nitrogens is 2. The van der Waals surface area contributed by atoms with Crippen LogP contribution >= 0.6 is 0 Å². The van der Waals surface area contributed by atoms with Crippen molar-refractivity contribution in [3.63, 3.8) is 0 Å². The molecule has 1 N–H and O–H groups in total. The van der Waals surface area contributed by atoms with Crippen LogP contribution in [0.25, 0.3) is 11.3 Å². The molecular weight excluding hydrogens is 621 g/mol. The Kier molecular flexibility index (Phi) is 13.0. The number of alkyl halides is 3. The molecule has 0 saturated carbocycles. The summed E-state index contributed by atoms with van der Waals surface area (Å²) in [5.41, 5.74) is 2.26. The largest absolute Gasteiger partial charge is 0.465 e. The van der Waals surface area contributed by atoms with E-state index >= 15 is 0 Å². The molecule has 12 nitrogen and oxygen atoms in total. The molecule has 1 saturated heterocycles. The fourth-order valence-corrected chi connectivity index (χ4v) is 5.38. The number of β-amino-alcohol motifs (C(OH)–C–C–N with tert-alkyl or cyclic N) is 1. The number of aliphatic hydroxyl groups is 1. The normalized spacial score (nSPS) is 14.4. The topological polar surface area (TPSA) is 134 Å². The second kappa shape index (κ2) is 16.5. The minimum absolute atomic E-state index is 0.123. The fourth-order valence-electron chi connectivity index (χ4n) is 5.38. The van der Waals surface area contributed by atoms with Crippen molar-refractivity contribution in [3.05, 3.63) is 75.0 Å². The predicted molar refractivity (Wildman–Crippen MR) is 170 cm³/mol. The third-order valence-corrected chi connectivity index (χ3v) is 7.94. The molecule has 15 heteroatoms. The van der Waals surface area contributed by atoms with Gasteiger partial charge in [-0.3, -0.25) is 19.7 Å². The smallest absolute Gasteiger partial charge is 0.416 e. The van der Waals surface area contributed by atoms with E-state index in [1.807, 2.05) is 25.8 Å². The Morgan fingerprint density at radius 3 is 2.30 bits per heavy atom. The number of esters is 1. The summed E-state index contributed by atoms with van der Waals surface area (Å²) in [6.45, 7) is 8.90. The van der Waals surface area contributed by atoms with Gasteiger partial charge in [-0.1, -0.05) is 25.1 Å². The minimum atomic E-state index is -4.44. The molecule has 4 rings (SSSR count). The Morgan fingerprint density at radius 2 is 1.77 bits per heavy atom. The lowest BCUT2D eigenvalue weighted by molar-refractivity contribution is -0.384. The number of nitro benzene ring substituents is 1. The molecular formula is C32H41F3N6O6. The number of halogens is 3. The van der Waals surface area contributed by atoms with Gasteiger partial charge in [-0.05, 0) is 45.6 Å². The molecule has 1 fully saturated rings. The molecule has 0 spiro atoms. The molecule has 1 unspecified atom stereocenters. The van der Waals surface area contributed by atoms with Crippen molar-refractivity contribution in [2.75, 3.05) is 58.3 Å². The molecule has 256 valence electrons. The first kappa shape index (κ1) is 37.1. The van der Waals surface area contributed by atoms with E-state index in [0.29, 0.717) is 50.5 Å². The number of carbonyl (C=O) groups is 2. The Balaban J connectivity index is 0.00000192. The lowest BCUT2D eigenvalue weighted by Crippen LogP contribution is -2.49. The Morgan fingerprint density at radius 1 is 1.15 bits per heavy atom. The number of rotatable bonds is 11. The molecule has 47 heavy (non-hydrogen) atoms. The number of anilines is 1. The van der Waals surface area contributed by atoms with Crippen LogP contribution in [0.5, 0.6) is 0 Å². The first-order chi connectivity index (χ1) is 22.2. The van der Waals surface area contributed by atoms with Gasteiger partial charge in [0.1, 0.15) is 12.0 Å². The number of aliphatic hydroxyl groups excluding tert-OH is 1. The van der Waals surface area contributed by atoms with Crippen LogP contribution in [0.4, 0.5) is 24.5 Å². The molecule has 1 aliphatic rings. The summed E-state index contributed by atoms with van der Waals surface area (Å²) in [7, 11) is 3.17. The molecule has 0 aliphatic carbocycles. The van der Waals surface area contributed by atoms with Crippen LogP contribution in [-0.4, -0.2) is 101 Å². The van der Waals surface area contributed by atoms with Crippen LogP contribution in [0.2, 0.25) is 0 Å². The maximum Gasteiger partial charge on any atom is 0.416 e. The van der Waals surface area contributed by atoms with Crippen LogP contribution in [0.3, 0.4) is 0 Å². The number of nitrogens with zero attached hydrogens (tertiary/aromatic N) is 6. The zero-order valence-corrected chi connectivity index (χ0v) is 27.2. The van der Waals surface area contributed by atoms with Gasteiger partial charge >= 0.3 is 12.1 Å². The quantitative estimate of drug-likeness (QED) is 0.136. The van der Waals surface area contributed by atoms with Gasteiger partial charge in [0.15, 0.2) is 0 Å². The summed E-state index contributed by atoms with van der Waals surface area (Å²) in [6, 6.07) is 9.24. The second-order valence-corrected chi connectivity index (χ2v) is 11.1. The average molecular weight is 663 g/mol. The molecule has 2 aromatic carbocycles. The first-order valence-corrected chi connectivity index (χ1v) is 15.1. The van der Waals surface area contributed by atoms with E-state index in [1.165, 1.54) is 44.4 Å². The van der Waals surface area contributed by atoms with Crippen molar-refractivity contribution in [3.8, 4) is 11.3 Å². The van der Waals surface area contributed by atoms with E-state index in [9.17, 15) is 33.2 Å². The summed E-state index contributed by atoms with van der Waals surface area (Å²) in [4.78, 5) is 38.2. The Labute approximate surface area is 271 Å². The Hall–Kier alpha value is -4.34. The van der Waals surface area contributed by atoms with Crippen LogP contribution in [0, 0.1) is 17.0 Å². The number of nitro groups is 1. The van der Waals surface area contributed by atoms with Gasteiger partial charge in [-0.15, -0.1) is 0 Å². The van der Waals surface area contributed by atoms with Gasteiger partial charge in [0.2, 0.25) is 0 Å². The molecule has 0 amide bonds. The highest BCUT2D eigenvalue weighted by Gasteiger charge is 2.31. The number of piperazine rings is 1. The predicted octanol–water partition coefficient (Wildman–Crippen LogP) is 4.41. The van der Waals surface area contributed by atoms with Crippen LogP contribution < -0.4 is 4.90 Å². The number of benzene rings is 2. The third kappa shape index (κ3) is 9.36. The van der Waals surface area contributed by atoms with Crippen LogP contribution in [0.1, 0.15) is 41.0 Å². The van der Waals surface area contributed by atoms with E-state index < -0.39 is 28.7 Å². The fraction of sp³-hybridized carbons (Fsp3) is 0.469. The zero-order chi connectivity index (χ0) is 34.9. The minimum Gasteiger partial charge on any atom is -0.465 e. The van der Waals surface area contributed by atoms with Gasteiger partial charge in [0, 0.05) is 62.2 Å². The summed E-state index contributed by atoms with van der Waals surface area (Å²) < 4.78 is 46.0. The van der Waals surface area contributed by atoms with Gasteiger partial charge in [0.25, 0.3) is 5.69 Å². The molecule has 3 aromatic rings. The van der Waals surface area contributed by atoms with E-state index in [-0.39, 0.29) is 23.5 Å². The summed E-state index contributed by atoms with van der Waals surface area (Å²) in [6.07, 6.45) is -4.50. The summed E-state index contributed by atoms with van der Waals surface area (Å²) in [5.74, 6) is -0.656. The maximum absolute atomic E-state index is 13.1. The molecule has 1 aromatic heterocycles. The van der Waals surface area contributed by atoms with Crippen molar-refractivity contribution in [2.24, 2.45) is 0 Å². The van der Waals surface area contributed by atoms with Crippen molar-refractivity contribution in [1.29, 1.82) is 0 Å². The van der Waals surface area contributed by atoms with Gasteiger partial charge < -0.3 is 24.4 Å². The molecule has 1 atom stereocenters. The first-order valence-electron chi connectivity index (χ1n) is 15.1. The van der Waals surface area contributed by atoms with Crippen molar-refractivity contribution >= 4 is 23.6 Å². The second-order valence-electron chi connectivity index (χ2n) is 11.1. The molecule has 1 aliphatic heterocycles. The molecule has 2 heterocycles. The van der Waals surface area contributed by atoms with E-state index in [4.69, 9.17) is 14.6 Å². The van der Waals surface area contributed by atoms with E-state index in [1.54, 1.807) is 9.58 Å². The van der Waals surface area contributed by atoms with Crippen molar-refractivity contribution in [1.82, 2.24) is 19.6 Å². The summed E-state index contributed by atoms with van der Waals surface area (Å²) >= 11 is 0. The molecule has 0 radical (unpaired) electrons. The highest BCUT2D eigenvalue weighted by Crippen LogP contribution is 2.34. The van der Waals surface area contributed by atoms with Gasteiger partial charge in [-0.25, -0.2) is 4.79 Å². The number of carbonyl (C=O) groups excluding carboxylic acids is 2. The average Bonchev–Trinajstić information content (AvgIpc) is 3.34. The molecule has 0 bridgehead atoms. The highest BCUT2D eigenvalue weighted by atomic mass is 19.4. The monoisotopic (exact) mass is 662 g/mol. The van der Waals surface area contributed by atoms with Crippen molar-refractivity contribution in [2.45, 2.75) is 46.1 Å². The van der Waals surface area contributed by atoms with E-state index in [2.05, 4.69) is 4.90 Å². The number of para-hydroxylation sites is 1. The van der Waals surface area contributed by atoms with Gasteiger partial charge in [0.05, 0.1) is 41.5 Å². The standard InChI is InChI=1S/C30H37F3N6O5.C2H4O/c1-5-35(3)19-25-20(2)38(34-27(25)21-9-11-22(12-10-21)30(31,32)33)18-23(40)17-36-13-15-37(16-14-36)28-24(29(41)44-4)7-6-8-26(28)39(42)43;1-2-3/h6-12,23,40H,5,13-19H2,1-4H3;2H,1H3. The number of hydrogen-bond acceptors (Lipinski definition) is 10. The number of hydrogen-bond donors (Lipinski definition) is 1. The number of ether oxygens (including phenoxy) is 1. The Bertz CT molecular complexity index is 1520. The van der Waals surface area contributed by atoms with Crippen LogP contribution in [0.15, 0.2) is 42.5 Å². The zero-order valence-electron chi connectivity index (χ0n) is 27.2. The number of aldehydes is 1. The highest BCUT2D eigenvalue weighted by molar-refractivity contribution is 5.98.